The number of piperidine rings is 1. The fourth-order valence-electron chi connectivity index (χ4n) is 2.42. The van der Waals surface area contributed by atoms with Crippen LogP contribution in [0.2, 0.25) is 5.02 Å². The predicted molar refractivity (Wildman–Crippen MR) is 71.8 cm³/mol. The number of aliphatic carboxylic acids is 1. The zero-order valence-corrected chi connectivity index (χ0v) is 11.3. The second-order valence-corrected chi connectivity index (χ2v) is 5.40. The number of likely N-dealkylation sites (tertiary alicyclic amines) is 1. The van der Waals surface area contributed by atoms with Gasteiger partial charge in [0.1, 0.15) is 0 Å². The third-order valence-electron chi connectivity index (χ3n) is 3.64. The number of halogens is 1. The van der Waals surface area contributed by atoms with E-state index in [2.05, 4.69) is 17.9 Å². The number of benzene rings is 1. The van der Waals surface area contributed by atoms with E-state index in [-0.39, 0.29) is 5.92 Å². The largest absolute Gasteiger partial charge is 0.481 e. The maximum atomic E-state index is 10.9. The van der Waals surface area contributed by atoms with Gasteiger partial charge in [-0.05, 0) is 56.1 Å². The third kappa shape index (κ3) is 3.24. The molecule has 1 N–H and O–H groups in total. The molecule has 98 valence electrons. The summed E-state index contributed by atoms with van der Waals surface area (Å²) in [6.45, 7) is 4.67. The summed E-state index contributed by atoms with van der Waals surface area (Å²) < 4.78 is 0. The number of aryl methyl sites for hydroxylation is 1. The lowest BCUT2D eigenvalue weighted by molar-refractivity contribution is -0.143. The summed E-state index contributed by atoms with van der Waals surface area (Å²) in [5.41, 5.74) is 2.47. The molecule has 0 amide bonds. The number of rotatable bonds is 3. The first-order valence-corrected chi connectivity index (χ1v) is 6.64. The average molecular weight is 268 g/mol. The van der Waals surface area contributed by atoms with E-state index in [1.54, 1.807) is 0 Å². The fourth-order valence-corrected chi connectivity index (χ4v) is 2.64. The van der Waals surface area contributed by atoms with Crippen molar-refractivity contribution >= 4 is 17.6 Å². The van der Waals surface area contributed by atoms with E-state index in [1.807, 2.05) is 12.1 Å². The summed E-state index contributed by atoms with van der Waals surface area (Å²) >= 11 is 5.93. The molecular weight excluding hydrogens is 250 g/mol. The Hall–Kier alpha value is -1.06. The quantitative estimate of drug-likeness (QED) is 0.915. The highest BCUT2D eigenvalue weighted by Gasteiger charge is 2.24. The first-order valence-electron chi connectivity index (χ1n) is 6.26. The molecule has 2 rings (SSSR count). The number of nitrogens with zero attached hydrogens (tertiary/aromatic N) is 1. The molecule has 0 atom stereocenters. The predicted octanol–water partition coefficient (Wildman–Crippen LogP) is 2.95. The first-order chi connectivity index (χ1) is 8.56. The molecule has 1 aliphatic rings. The Morgan fingerprint density at radius 1 is 1.44 bits per heavy atom. The molecule has 0 bridgehead atoms. The Labute approximate surface area is 112 Å². The Kier molecular flexibility index (Phi) is 4.25. The maximum Gasteiger partial charge on any atom is 0.306 e. The Balaban J connectivity index is 1.93. The van der Waals surface area contributed by atoms with Crippen LogP contribution in [0.3, 0.4) is 0 Å². The molecule has 4 heteroatoms. The summed E-state index contributed by atoms with van der Waals surface area (Å²) in [5, 5.41) is 9.72. The number of hydrogen-bond donors (Lipinski definition) is 1. The number of carboxylic acids is 1. The van der Waals surface area contributed by atoms with E-state index in [0.717, 1.165) is 37.5 Å². The molecule has 1 aromatic carbocycles. The molecule has 18 heavy (non-hydrogen) atoms. The van der Waals surface area contributed by atoms with Crippen LogP contribution in [-0.4, -0.2) is 29.1 Å². The van der Waals surface area contributed by atoms with Crippen molar-refractivity contribution in [2.24, 2.45) is 5.92 Å². The monoisotopic (exact) mass is 267 g/mol. The van der Waals surface area contributed by atoms with Crippen LogP contribution in [0, 0.1) is 12.8 Å². The van der Waals surface area contributed by atoms with Crippen molar-refractivity contribution in [1.82, 2.24) is 4.90 Å². The van der Waals surface area contributed by atoms with Gasteiger partial charge < -0.3 is 5.11 Å². The third-order valence-corrected chi connectivity index (χ3v) is 3.87. The molecule has 1 saturated heterocycles. The van der Waals surface area contributed by atoms with Crippen molar-refractivity contribution in [3.8, 4) is 0 Å². The van der Waals surface area contributed by atoms with Gasteiger partial charge in [0.2, 0.25) is 0 Å². The summed E-state index contributed by atoms with van der Waals surface area (Å²) in [6.07, 6.45) is 1.50. The fraction of sp³-hybridized carbons (Fsp3) is 0.500. The highest BCUT2D eigenvalue weighted by Crippen LogP contribution is 2.21. The molecule has 0 aromatic heterocycles. The minimum atomic E-state index is -0.655. The highest BCUT2D eigenvalue weighted by atomic mass is 35.5. The molecule has 1 heterocycles. The number of carboxylic acid groups (broad SMARTS) is 1. The van der Waals surface area contributed by atoms with Crippen LogP contribution >= 0.6 is 11.6 Å². The van der Waals surface area contributed by atoms with Crippen LogP contribution in [-0.2, 0) is 11.3 Å². The van der Waals surface area contributed by atoms with Gasteiger partial charge in [-0.1, -0.05) is 17.7 Å². The number of hydrogen-bond acceptors (Lipinski definition) is 2. The van der Waals surface area contributed by atoms with Gasteiger partial charge in [0.05, 0.1) is 5.92 Å². The van der Waals surface area contributed by atoms with Crippen LogP contribution in [0.25, 0.3) is 0 Å². The standard InChI is InChI=1S/C14H18ClNO2/c1-10-8-13(15)3-2-12(10)9-16-6-4-11(5-7-16)14(17)18/h2-3,8,11H,4-7,9H2,1H3,(H,17,18). The van der Waals surface area contributed by atoms with E-state index < -0.39 is 5.97 Å². The molecule has 1 aliphatic heterocycles. The Morgan fingerprint density at radius 2 is 2.11 bits per heavy atom. The van der Waals surface area contributed by atoms with Gasteiger partial charge in [-0.25, -0.2) is 0 Å². The first kappa shape index (κ1) is 13.4. The average Bonchev–Trinajstić information content (AvgIpc) is 2.33. The van der Waals surface area contributed by atoms with Gasteiger partial charge in [0.15, 0.2) is 0 Å². The van der Waals surface area contributed by atoms with Gasteiger partial charge in [-0.15, -0.1) is 0 Å². The van der Waals surface area contributed by atoms with E-state index >= 15 is 0 Å². The van der Waals surface area contributed by atoms with Crippen molar-refractivity contribution in [2.75, 3.05) is 13.1 Å². The van der Waals surface area contributed by atoms with E-state index in [0.29, 0.717) is 0 Å². The lowest BCUT2D eigenvalue weighted by Gasteiger charge is -2.30. The minimum absolute atomic E-state index is 0.160. The summed E-state index contributed by atoms with van der Waals surface area (Å²) in [5.74, 6) is -0.815. The van der Waals surface area contributed by atoms with Crippen LogP contribution in [0.5, 0.6) is 0 Å². The maximum absolute atomic E-state index is 10.9. The summed E-state index contributed by atoms with van der Waals surface area (Å²) in [4.78, 5) is 13.2. The lowest BCUT2D eigenvalue weighted by Crippen LogP contribution is -2.35. The van der Waals surface area contributed by atoms with Crippen molar-refractivity contribution in [3.05, 3.63) is 34.3 Å². The molecule has 0 saturated carbocycles. The Bertz CT molecular complexity index is 439. The molecule has 0 aliphatic carbocycles. The van der Waals surface area contributed by atoms with Crippen molar-refractivity contribution < 1.29 is 9.90 Å². The van der Waals surface area contributed by atoms with Gasteiger partial charge in [-0.2, -0.15) is 0 Å². The normalized spacial score (nSPS) is 17.9. The van der Waals surface area contributed by atoms with Crippen molar-refractivity contribution in [1.29, 1.82) is 0 Å². The molecule has 0 unspecified atom stereocenters. The lowest BCUT2D eigenvalue weighted by atomic mass is 9.96. The molecule has 3 nitrogen and oxygen atoms in total. The number of carbonyl (C=O) groups is 1. The molecule has 0 radical (unpaired) electrons. The van der Waals surface area contributed by atoms with Crippen LogP contribution in [0.1, 0.15) is 24.0 Å². The van der Waals surface area contributed by atoms with Crippen LogP contribution in [0.4, 0.5) is 0 Å². The molecule has 1 aromatic rings. The zero-order chi connectivity index (χ0) is 13.1. The molecule has 1 fully saturated rings. The second kappa shape index (κ2) is 5.72. The summed E-state index contributed by atoms with van der Waals surface area (Å²) in [7, 11) is 0. The second-order valence-electron chi connectivity index (χ2n) is 4.96. The van der Waals surface area contributed by atoms with E-state index in [9.17, 15) is 4.79 Å². The van der Waals surface area contributed by atoms with Crippen LogP contribution in [0.15, 0.2) is 18.2 Å². The molecular formula is C14H18ClNO2. The van der Waals surface area contributed by atoms with Crippen molar-refractivity contribution in [2.45, 2.75) is 26.3 Å². The van der Waals surface area contributed by atoms with Crippen LogP contribution < -0.4 is 0 Å². The topological polar surface area (TPSA) is 40.5 Å². The van der Waals surface area contributed by atoms with Gasteiger partial charge in [-0.3, -0.25) is 9.69 Å². The van der Waals surface area contributed by atoms with Gasteiger partial charge in [0, 0.05) is 11.6 Å². The van der Waals surface area contributed by atoms with E-state index in [1.165, 1.54) is 11.1 Å². The minimum Gasteiger partial charge on any atom is -0.481 e. The SMILES string of the molecule is Cc1cc(Cl)ccc1CN1CCC(C(=O)O)CC1. The van der Waals surface area contributed by atoms with Gasteiger partial charge in [0.25, 0.3) is 0 Å². The highest BCUT2D eigenvalue weighted by molar-refractivity contribution is 6.30. The van der Waals surface area contributed by atoms with Gasteiger partial charge >= 0.3 is 5.97 Å². The Morgan fingerprint density at radius 3 is 2.67 bits per heavy atom. The smallest absolute Gasteiger partial charge is 0.306 e. The van der Waals surface area contributed by atoms with Crippen molar-refractivity contribution in [3.63, 3.8) is 0 Å². The zero-order valence-electron chi connectivity index (χ0n) is 10.5. The van der Waals surface area contributed by atoms with E-state index in [4.69, 9.17) is 16.7 Å². The molecule has 0 spiro atoms. The summed E-state index contributed by atoms with van der Waals surface area (Å²) in [6, 6.07) is 5.94.